The Labute approximate surface area is 299 Å². The highest BCUT2D eigenvalue weighted by Gasteiger charge is 2.32. The van der Waals surface area contributed by atoms with E-state index in [-0.39, 0.29) is 36.0 Å². The normalized spacial score (nSPS) is 17.2. The Kier molecular flexibility index (Phi) is 10.5. The molecule has 1 aliphatic rings. The standard InChI is InChI=1S/C41H35N3O6S/c45-24-26-9-11-28(12-10-26)38-21-32(25-51-33-19-17-29(18-20-33)40(47)48)49-41(50-38)30-15-13-27(14-16-30)34-6-2-1-5-31(34)22-43-39(46)37-23-42-35-7-3-4-8-36(35)44-37/h1-20,23,32,38,41,45H,21-22,24-25H2,(H,43,46)(H,47,48). The Morgan fingerprint density at radius 1 is 0.804 bits per heavy atom. The summed E-state index contributed by atoms with van der Waals surface area (Å²) in [6, 6.07) is 38.1. The van der Waals surface area contributed by atoms with Gasteiger partial charge < -0.3 is 25.0 Å². The second kappa shape index (κ2) is 15.7. The van der Waals surface area contributed by atoms with E-state index in [1.165, 1.54) is 6.20 Å². The fraction of sp³-hybridized carbons (Fsp3) is 0.171. The molecule has 6 aromatic rings. The van der Waals surface area contributed by atoms with Crippen molar-refractivity contribution >= 4 is 34.7 Å². The topological polar surface area (TPSA) is 131 Å². The van der Waals surface area contributed by atoms with E-state index in [9.17, 15) is 19.8 Å². The van der Waals surface area contributed by atoms with Gasteiger partial charge in [0.1, 0.15) is 5.69 Å². The van der Waals surface area contributed by atoms with E-state index < -0.39 is 12.3 Å². The fourth-order valence-corrected chi connectivity index (χ4v) is 6.94. The lowest BCUT2D eigenvalue weighted by Crippen LogP contribution is -2.31. The van der Waals surface area contributed by atoms with Crippen LogP contribution in [0.3, 0.4) is 0 Å². The van der Waals surface area contributed by atoms with Gasteiger partial charge in [0.25, 0.3) is 5.91 Å². The van der Waals surface area contributed by atoms with Crippen LogP contribution in [0.15, 0.2) is 132 Å². The van der Waals surface area contributed by atoms with Crippen LogP contribution in [-0.4, -0.2) is 43.9 Å². The average Bonchev–Trinajstić information content (AvgIpc) is 3.19. The van der Waals surface area contributed by atoms with Crippen molar-refractivity contribution in [2.24, 2.45) is 0 Å². The third kappa shape index (κ3) is 8.16. The molecule has 256 valence electrons. The molecule has 10 heteroatoms. The molecular formula is C41H35N3O6S. The first-order chi connectivity index (χ1) is 24.9. The van der Waals surface area contributed by atoms with Crippen molar-refractivity contribution in [1.29, 1.82) is 0 Å². The minimum atomic E-state index is -0.953. The summed E-state index contributed by atoms with van der Waals surface area (Å²) >= 11 is 1.61. The van der Waals surface area contributed by atoms with Crippen LogP contribution in [-0.2, 0) is 22.6 Å². The van der Waals surface area contributed by atoms with Crippen LogP contribution >= 0.6 is 11.8 Å². The number of hydrogen-bond acceptors (Lipinski definition) is 8. The van der Waals surface area contributed by atoms with Crippen molar-refractivity contribution in [2.75, 3.05) is 5.75 Å². The highest BCUT2D eigenvalue weighted by molar-refractivity contribution is 7.99. The Bertz CT molecular complexity index is 2140. The SMILES string of the molecule is O=C(O)c1ccc(SCC2CC(c3ccc(CO)cc3)OC(c3ccc(-c4ccccc4CNC(=O)c4cnc5ccccc5n4)cc3)O2)cc1. The number of carbonyl (C=O) groups is 2. The predicted octanol–water partition coefficient (Wildman–Crippen LogP) is 7.76. The molecule has 0 aliphatic carbocycles. The molecule has 51 heavy (non-hydrogen) atoms. The summed E-state index contributed by atoms with van der Waals surface area (Å²) in [5.74, 6) is -0.597. The summed E-state index contributed by atoms with van der Waals surface area (Å²) in [6.07, 6.45) is 1.14. The highest BCUT2D eigenvalue weighted by atomic mass is 32.2. The lowest BCUT2D eigenvalue weighted by atomic mass is 9.97. The van der Waals surface area contributed by atoms with Gasteiger partial charge in [-0.05, 0) is 64.2 Å². The molecule has 1 amide bonds. The third-order valence-corrected chi connectivity index (χ3v) is 9.93. The minimum absolute atomic E-state index is 0.0293. The second-order valence-corrected chi connectivity index (χ2v) is 13.3. The molecule has 1 aromatic heterocycles. The van der Waals surface area contributed by atoms with Gasteiger partial charge in [-0.1, -0.05) is 84.9 Å². The van der Waals surface area contributed by atoms with E-state index in [2.05, 4.69) is 15.3 Å². The number of ether oxygens (including phenoxy) is 2. The maximum atomic E-state index is 13.0. The number of para-hydroxylation sites is 2. The summed E-state index contributed by atoms with van der Waals surface area (Å²) in [5, 5.41) is 21.8. The lowest BCUT2D eigenvalue weighted by Gasteiger charge is -2.36. The summed E-state index contributed by atoms with van der Waals surface area (Å²) in [5.41, 5.74) is 7.55. The predicted molar refractivity (Wildman–Crippen MR) is 195 cm³/mol. The molecule has 9 nitrogen and oxygen atoms in total. The maximum absolute atomic E-state index is 13.0. The zero-order valence-electron chi connectivity index (χ0n) is 27.5. The molecule has 2 heterocycles. The number of carboxylic acid groups (broad SMARTS) is 1. The molecule has 5 aromatic carbocycles. The van der Waals surface area contributed by atoms with Crippen LogP contribution < -0.4 is 5.32 Å². The van der Waals surface area contributed by atoms with E-state index in [1.54, 1.807) is 23.9 Å². The number of aliphatic hydroxyl groups excluding tert-OH is 1. The Morgan fingerprint density at radius 2 is 1.51 bits per heavy atom. The molecule has 3 N–H and O–H groups in total. The molecular weight excluding hydrogens is 663 g/mol. The number of aromatic nitrogens is 2. The quantitative estimate of drug-likeness (QED) is 0.116. The Hall–Kier alpha value is -5.39. The summed E-state index contributed by atoms with van der Waals surface area (Å²) in [7, 11) is 0. The van der Waals surface area contributed by atoms with Gasteiger partial charge >= 0.3 is 5.97 Å². The van der Waals surface area contributed by atoms with E-state index >= 15 is 0 Å². The number of carboxylic acids is 1. The van der Waals surface area contributed by atoms with Gasteiger partial charge in [-0.25, -0.2) is 9.78 Å². The lowest BCUT2D eigenvalue weighted by molar-refractivity contribution is -0.245. The van der Waals surface area contributed by atoms with Crippen molar-refractivity contribution < 1.29 is 29.3 Å². The number of rotatable bonds is 11. The molecule has 3 atom stereocenters. The zero-order chi connectivity index (χ0) is 35.2. The van der Waals surface area contributed by atoms with Crippen LogP contribution in [0, 0.1) is 0 Å². The van der Waals surface area contributed by atoms with Gasteiger partial charge in [0.15, 0.2) is 6.29 Å². The molecule has 0 bridgehead atoms. The molecule has 1 aliphatic heterocycles. The van der Waals surface area contributed by atoms with Crippen molar-refractivity contribution in [3.63, 3.8) is 0 Å². The number of thioether (sulfide) groups is 1. The number of nitrogens with one attached hydrogen (secondary N) is 1. The largest absolute Gasteiger partial charge is 0.478 e. The molecule has 3 unspecified atom stereocenters. The van der Waals surface area contributed by atoms with Gasteiger partial charge in [-0.15, -0.1) is 11.8 Å². The van der Waals surface area contributed by atoms with Gasteiger partial charge in [-0.3, -0.25) is 9.78 Å². The molecule has 1 fully saturated rings. The van der Waals surface area contributed by atoms with E-state index in [1.807, 2.05) is 109 Å². The first kappa shape index (κ1) is 34.1. The van der Waals surface area contributed by atoms with Crippen LogP contribution in [0.5, 0.6) is 0 Å². The van der Waals surface area contributed by atoms with Gasteiger partial charge in [0.2, 0.25) is 0 Å². The molecule has 0 spiro atoms. The number of amides is 1. The van der Waals surface area contributed by atoms with Crippen LogP contribution in [0.4, 0.5) is 0 Å². The number of hydrogen-bond donors (Lipinski definition) is 3. The first-order valence-corrected chi connectivity index (χ1v) is 17.6. The number of benzene rings is 5. The third-order valence-electron chi connectivity index (χ3n) is 8.78. The zero-order valence-corrected chi connectivity index (χ0v) is 28.3. The van der Waals surface area contributed by atoms with Crippen molar-refractivity contribution in [1.82, 2.24) is 15.3 Å². The number of nitrogens with zero attached hydrogens (tertiary/aromatic N) is 2. The van der Waals surface area contributed by atoms with E-state index in [0.717, 1.165) is 43.8 Å². The van der Waals surface area contributed by atoms with Crippen LogP contribution in [0.2, 0.25) is 0 Å². The first-order valence-electron chi connectivity index (χ1n) is 16.6. The van der Waals surface area contributed by atoms with Crippen molar-refractivity contribution in [2.45, 2.75) is 43.0 Å². The number of aliphatic hydroxyl groups is 1. The van der Waals surface area contributed by atoms with Crippen molar-refractivity contribution in [3.8, 4) is 11.1 Å². The Balaban J connectivity index is 1.06. The van der Waals surface area contributed by atoms with Gasteiger partial charge in [0.05, 0.1) is 41.6 Å². The Morgan fingerprint density at radius 3 is 2.25 bits per heavy atom. The summed E-state index contributed by atoms with van der Waals surface area (Å²) < 4.78 is 13.1. The van der Waals surface area contributed by atoms with E-state index in [4.69, 9.17) is 9.47 Å². The number of carbonyl (C=O) groups excluding carboxylic acids is 1. The second-order valence-electron chi connectivity index (χ2n) is 12.2. The van der Waals surface area contributed by atoms with E-state index in [0.29, 0.717) is 24.2 Å². The molecule has 0 radical (unpaired) electrons. The van der Waals surface area contributed by atoms with Crippen LogP contribution in [0.1, 0.15) is 61.9 Å². The average molecular weight is 698 g/mol. The maximum Gasteiger partial charge on any atom is 0.335 e. The molecule has 7 rings (SSSR count). The monoisotopic (exact) mass is 697 g/mol. The number of aromatic carboxylic acids is 1. The summed E-state index contributed by atoms with van der Waals surface area (Å²) in [4.78, 5) is 34.1. The van der Waals surface area contributed by atoms with Crippen LogP contribution in [0.25, 0.3) is 22.2 Å². The van der Waals surface area contributed by atoms with Gasteiger partial charge in [0, 0.05) is 29.2 Å². The number of fused-ring (bicyclic) bond motifs is 1. The minimum Gasteiger partial charge on any atom is -0.478 e. The highest BCUT2D eigenvalue weighted by Crippen LogP contribution is 2.40. The van der Waals surface area contributed by atoms with Crippen molar-refractivity contribution in [3.05, 3.63) is 161 Å². The summed E-state index contributed by atoms with van der Waals surface area (Å²) in [6.45, 7) is 0.285. The molecule has 1 saturated heterocycles. The van der Waals surface area contributed by atoms with Gasteiger partial charge in [-0.2, -0.15) is 0 Å². The smallest absolute Gasteiger partial charge is 0.335 e. The molecule has 0 saturated carbocycles. The fourth-order valence-electron chi connectivity index (χ4n) is 6.01.